The number of aromatic nitrogens is 2. The highest BCUT2D eigenvalue weighted by Gasteiger charge is 2.20. The Morgan fingerprint density at radius 2 is 1.84 bits per heavy atom. The highest BCUT2D eigenvalue weighted by molar-refractivity contribution is 6.33. The monoisotopic (exact) mass is 296 g/mol. The van der Waals surface area contributed by atoms with Crippen molar-refractivity contribution in [2.45, 2.75) is 25.7 Å². The van der Waals surface area contributed by atoms with Crippen molar-refractivity contribution in [1.82, 2.24) is 9.97 Å². The lowest BCUT2D eigenvalue weighted by Crippen LogP contribution is -2.09. The van der Waals surface area contributed by atoms with Gasteiger partial charge in [0.05, 0.1) is 10.6 Å². The highest BCUT2D eigenvalue weighted by atomic mass is 35.5. The van der Waals surface area contributed by atoms with Crippen LogP contribution in [0, 0.1) is 5.82 Å². The molecule has 0 bridgehead atoms. The van der Waals surface area contributed by atoms with E-state index in [1.165, 1.54) is 6.07 Å². The first-order valence-electron chi connectivity index (χ1n) is 6.16. The van der Waals surface area contributed by atoms with Crippen LogP contribution in [0.15, 0.2) is 18.2 Å². The second-order valence-corrected chi connectivity index (χ2v) is 5.33. The van der Waals surface area contributed by atoms with Crippen molar-refractivity contribution in [2.75, 3.05) is 0 Å². The first kappa shape index (κ1) is 12.8. The molecule has 1 aromatic heterocycles. The van der Waals surface area contributed by atoms with Gasteiger partial charge in [0.25, 0.3) is 0 Å². The second-order valence-electron chi connectivity index (χ2n) is 4.57. The summed E-state index contributed by atoms with van der Waals surface area (Å²) in [7, 11) is 0. The van der Waals surface area contributed by atoms with E-state index in [2.05, 4.69) is 9.97 Å². The van der Waals surface area contributed by atoms with Gasteiger partial charge in [0, 0.05) is 11.3 Å². The van der Waals surface area contributed by atoms with Gasteiger partial charge in [-0.05, 0) is 37.8 Å². The molecule has 1 aliphatic rings. The quantitative estimate of drug-likeness (QED) is 0.726. The zero-order valence-electron chi connectivity index (χ0n) is 10.1. The molecular formula is C14H11Cl2FN2. The molecule has 0 unspecified atom stereocenters. The van der Waals surface area contributed by atoms with Gasteiger partial charge in [-0.1, -0.05) is 29.3 Å². The molecule has 3 rings (SSSR count). The topological polar surface area (TPSA) is 25.8 Å². The van der Waals surface area contributed by atoms with Crippen molar-refractivity contribution in [3.05, 3.63) is 45.4 Å². The van der Waals surface area contributed by atoms with Crippen LogP contribution >= 0.6 is 23.2 Å². The molecule has 1 heterocycles. The highest BCUT2D eigenvalue weighted by Crippen LogP contribution is 2.32. The van der Waals surface area contributed by atoms with Crippen LogP contribution in [0.2, 0.25) is 10.2 Å². The zero-order chi connectivity index (χ0) is 13.4. The van der Waals surface area contributed by atoms with Crippen LogP contribution in [0.4, 0.5) is 4.39 Å². The number of rotatable bonds is 1. The molecule has 1 aliphatic carbocycles. The third kappa shape index (κ3) is 2.33. The lowest BCUT2D eigenvalue weighted by atomic mass is 9.97. The van der Waals surface area contributed by atoms with Gasteiger partial charge in [0.2, 0.25) is 0 Å². The van der Waals surface area contributed by atoms with Gasteiger partial charge in [-0.2, -0.15) is 0 Å². The van der Waals surface area contributed by atoms with Crippen molar-refractivity contribution < 1.29 is 4.39 Å². The van der Waals surface area contributed by atoms with Gasteiger partial charge >= 0.3 is 0 Å². The number of hydrogen-bond donors (Lipinski definition) is 0. The Morgan fingerprint density at radius 1 is 1.05 bits per heavy atom. The molecule has 0 fully saturated rings. The van der Waals surface area contributed by atoms with Crippen LogP contribution in [0.5, 0.6) is 0 Å². The average molecular weight is 297 g/mol. The molecule has 0 aliphatic heterocycles. The molecule has 1 aromatic carbocycles. The minimum atomic E-state index is -0.431. The summed E-state index contributed by atoms with van der Waals surface area (Å²) < 4.78 is 13.9. The van der Waals surface area contributed by atoms with Gasteiger partial charge in [-0.25, -0.2) is 14.4 Å². The number of fused-ring (bicyclic) bond motifs is 1. The first-order valence-corrected chi connectivity index (χ1v) is 6.92. The lowest BCUT2D eigenvalue weighted by molar-refractivity contribution is 0.628. The number of aryl methyl sites for hydroxylation is 1. The summed E-state index contributed by atoms with van der Waals surface area (Å²) in [5.74, 6) is -0.159. The van der Waals surface area contributed by atoms with Crippen LogP contribution in [0.3, 0.4) is 0 Å². The standard InChI is InChI=1S/C14H11Cl2FN2/c15-9-5-3-6-10(17)12(9)14-18-11-7-2-1-4-8(11)13(16)19-14/h3,5-6H,1-2,4,7H2. The van der Waals surface area contributed by atoms with Crippen LogP contribution in [-0.2, 0) is 12.8 Å². The van der Waals surface area contributed by atoms with E-state index in [4.69, 9.17) is 23.2 Å². The van der Waals surface area contributed by atoms with Crippen molar-refractivity contribution in [3.8, 4) is 11.4 Å². The van der Waals surface area contributed by atoms with Crippen LogP contribution < -0.4 is 0 Å². The first-order chi connectivity index (χ1) is 9.16. The minimum absolute atomic E-state index is 0.222. The van der Waals surface area contributed by atoms with Gasteiger partial charge in [0.1, 0.15) is 11.0 Å². The second kappa shape index (κ2) is 5.06. The molecule has 0 amide bonds. The van der Waals surface area contributed by atoms with Crippen LogP contribution in [0.25, 0.3) is 11.4 Å². The van der Waals surface area contributed by atoms with Crippen LogP contribution in [0.1, 0.15) is 24.1 Å². The van der Waals surface area contributed by atoms with Gasteiger partial charge in [0.15, 0.2) is 5.82 Å². The molecule has 0 saturated heterocycles. The average Bonchev–Trinajstić information content (AvgIpc) is 2.38. The van der Waals surface area contributed by atoms with E-state index in [-0.39, 0.29) is 11.4 Å². The number of hydrogen-bond acceptors (Lipinski definition) is 2. The third-order valence-electron chi connectivity index (χ3n) is 3.32. The normalized spacial score (nSPS) is 14.3. The molecule has 98 valence electrons. The summed E-state index contributed by atoms with van der Waals surface area (Å²) >= 11 is 12.2. The smallest absolute Gasteiger partial charge is 0.165 e. The van der Waals surface area contributed by atoms with E-state index in [0.717, 1.165) is 36.9 Å². The number of halogens is 3. The van der Waals surface area contributed by atoms with E-state index in [1.807, 2.05) is 0 Å². The Bertz CT molecular complexity index is 623. The van der Waals surface area contributed by atoms with E-state index < -0.39 is 5.82 Å². The molecule has 2 aromatic rings. The molecular weight excluding hydrogens is 286 g/mol. The summed E-state index contributed by atoms with van der Waals surface area (Å²) in [5.41, 5.74) is 2.13. The molecule has 19 heavy (non-hydrogen) atoms. The Balaban J connectivity index is 2.19. The van der Waals surface area contributed by atoms with E-state index in [9.17, 15) is 4.39 Å². The molecule has 2 nitrogen and oxygen atoms in total. The predicted molar refractivity (Wildman–Crippen MR) is 74.1 cm³/mol. The maximum atomic E-state index is 13.9. The largest absolute Gasteiger partial charge is 0.233 e. The molecule has 0 N–H and O–H groups in total. The fourth-order valence-corrected chi connectivity index (χ4v) is 2.90. The SMILES string of the molecule is Fc1cccc(Cl)c1-c1nc(Cl)c2c(n1)CCCC2. The van der Waals surface area contributed by atoms with Gasteiger partial charge < -0.3 is 0 Å². The summed E-state index contributed by atoms with van der Waals surface area (Å²) in [6, 6.07) is 4.52. The Hall–Kier alpha value is -1.19. The Labute approximate surface area is 120 Å². The van der Waals surface area contributed by atoms with Crippen molar-refractivity contribution in [1.29, 1.82) is 0 Å². The maximum Gasteiger partial charge on any atom is 0.165 e. The summed E-state index contributed by atoms with van der Waals surface area (Å²) in [4.78, 5) is 8.65. The van der Waals surface area contributed by atoms with Gasteiger partial charge in [-0.15, -0.1) is 0 Å². The number of benzene rings is 1. The van der Waals surface area contributed by atoms with Gasteiger partial charge in [-0.3, -0.25) is 0 Å². The third-order valence-corrected chi connectivity index (χ3v) is 3.95. The minimum Gasteiger partial charge on any atom is -0.233 e. The summed E-state index contributed by atoms with van der Waals surface area (Å²) in [5, 5.41) is 0.714. The summed E-state index contributed by atoms with van der Waals surface area (Å²) in [6.07, 6.45) is 3.91. The van der Waals surface area contributed by atoms with Crippen molar-refractivity contribution in [3.63, 3.8) is 0 Å². The number of nitrogens with zero attached hydrogens (tertiary/aromatic N) is 2. The Morgan fingerprint density at radius 3 is 2.63 bits per heavy atom. The molecule has 0 atom stereocenters. The van der Waals surface area contributed by atoms with Crippen molar-refractivity contribution in [2.24, 2.45) is 0 Å². The van der Waals surface area contributed by atoms with E-state index >= 15 is 0 Å². The molecule has 0 saturated carbocycles. The molecule has 5 heteroatoms. The lowest BCUT2D eigenvalue weighted by Gasteiger charge is -2.17. The molecule has 0 radical (unpaired) electrons. The molecule has 0 spiro atoms. The predicted octanol–water partition coefficient (Wildman–Crippen LogP) is 4.47. The zero-order valence-corrected chi connectivity index (χ0v) is 11.6. The maximum absolute atomic E-state index is 13.9. The van der Waals surface area contributed by atoms with Crippen LogP contribution in [-0.4, -0.2) is 9.97 Å². The van der Waals surface area contributed by atoms with Crippen molar-refractivity contribution >= 4 is 23.2 Å². The van der Waals surface area contributed by atoms with E-state index in [1.54, 1.807) is 12.1 Å². The Kier molecular flexibility index (Phi) is 3.42. The van der Waals surface area contributed by atoms with E-state index in [0.29, 0.717) is 10.2 Å². The summed E-state index contributed by atoms with van der Waals surface area (Å²) in [6.45, 7) is 0. The fraction of sp³-hybridized carbons (Fsp3) is 0.286. The fourth-order valence-electron chi connectivity index (χ4n) is 2.37.